The number of sulfonamides is 1. The fourth-order valence-corrected chi connectivity index (χ4v) is 5.99. The Labute approximate surface area is 217 Å². The minimum atomic E-state index is -4.00. The summed E-state index contributed by atoms with van der Waals surface area (Å²) in [5, 5.41) is 15.6. The van der Waals surface area contributed by atoms with Crippen molar-refractivity contribution in [2.45, 2.75) is 56.0 Å². The van der Waals surface area contributed by atoms with Crippen LogP contribution in [0.15, 0.2) is 77.7 Å². The molecule has 0 spiro atoms. The molecule has 8 nitrogen and oxygen atoms in total. The quantitative estimate of drug-likeness (QED) is 0.325. The van der Waals surface area contributed by atoms with Gasteiger partial charge < -0.3 is 15.7 Å². The van der Waals surface area contributed by atoms with Crippen LogP contribution in [0.3, 0.4) is 0 Å². The molecule has 0 saturated heterocycles. The lowest BCUT2D eigenvalue weighted by Crippen LogP contribution is -2.42. The number of hydrogen-bond acceptors (Lipinski definition) is 4. The van der Waals surface area contributed by atoms with Gasteiger partial charge in [-0.3, -0.25) is 4.79 Å². The van der Waals surface area contributed by atoms with Crippen LogP contribution in [-0.4, -0.2) is 37.6 Å². The van der Waals surface area contributed by atoms with Crippen molar-refractivity contribution < 1.29 is 23.1 Å². The Morgan fingerprint density at radius 2 is 1.65 bits per heavy atom. The third-order valence-corrected chi connectivity index (χ3v) is 8.15. The second-order valence-corrected chi connectivity index (χ2v) is 11.0. The van der Waals surface area contributed by atoms with Gasteiger partial charge >= 0.3 is 12.0 Å². The van der Waals surface area contributed by atoms with Crippen molar-refractivity contribution in [3.63, 3.8) is 0 Å². The molecule has 1 atom stereocenters. The Bertz CT molecular complexity index is 1370. The Morgan fingerprint density at radius 3 is 2.32 bits per heavy atom. The van der Waals surface area contributed by atoms with E-state index in [1.54, 1.807) is 37.3 Å². The van der Waals surface area contributed by atoms with Gasteiger partial charge in [-0.25, -0.2) is 13.2 Å². The van der Waals surface area contributed by atoms with Crippen LogP contribution >= 0.6 is 0 Å². The van der Waals surface area contributed by atoms with Crippen molar-refractivity contribution >= 4 is 27.7 Å². The van der Waals surface area contributed by atoms with Gasteiger partial charge in [0.05, 0.1) is 4.90 Å². The number of hydrogen-bond donors (Lipinski definition) is 4. The number of carboxylic acid groups (broad SMARTS) is 1. The molecule has 0 bridgehead atoms. The molecule has 37 heavy (non-hydrogen) atoms. The first-order valence-corrected chi connectivity index (χ1v) is 13.8. The molecule has 9 heteroatoms. The van der Waals surface area contributed by atoms with E-state index in [9.17, 15) is 23.1 Å². The molecule has 3 aromatic rings. The maximum absolute atomic E-state index is 12.8. The standard InChI is InChI=1S/C28H31N3O5S/c1-19-7-2-5-12-26(19)37(35,36)31-25(27(32)33)17-20-13-15-21(16-14-20)22-8-6-11-24(18-22)30-28(34)29-23-9-3-4-10-23/h2,5-8,11-16,18,23,25,31H,3-4,9-10,17H2,1H3,(H,32,33)(H2,29,30,34). The number of anilines is 1. The Hall–Kier alpha value is -3.69. The summed E-state index contributed by atoms with van der Waals surface area (Å²) < 4.78 is 27.9. The minimum Gasteiger partial charge on any atom is -0.480 e. The molecule has 3 aromatic carbocycles. The van der Waals surface area contributed by atoms with Crippen LogP contribution in [0.2, 0.25) is 0 Å². The Morgan fingerprint density at radius 1 is 0.946 bits per heavy atom. The van der Waals surface area contributed by atoms with E-state index >= 15 is 0 Å². The number of carbonyl (C=O) groups is 2. The lowest BCUT2D eigenvalue weighted by Gasteiger charge is -2.16. The van der Waals surface area contributed by atoms with Gasteiger partial charge in [-0.1, -0.05) is 67.4 Å². The summed E-state index contributed by atoms with van der Waals surface area (Å²) in [5.74, 6) is -1.25. The number of aliphatic carboxylic acids is 1. The van der Waals surface area contributed by atoms with Gasteiger partial charge in [0.25, 0.3) is 0 Å². The number of amides is 2. The zero-order chi connectivity index (χ0) is 26.4. The zero-order valence-corrected chi connectivity index (χ0v) is 21.4. The average molecular weight is 522 g/mol. The van der Waals surface area contributed by atoms with E-state index in [0.29, 0.717) is 16.8 Å². The summed E-state index contributed by atoms with van der Waals surface area (Å²) in [6, 6.07) is 19.9. The van der Waals surface area contributed by atoms with Crippen LogP contribution in [-0.2, 0) is 21.2 Å². The van der Waals surface area contributed by atoms with E-state index < -0.39 is 22.0 Å². The molecule has 1 saturated carbocycles. The second-order valence-electron chi connectivity index (χ2n) is 9.34. The molecule has 0 radical (unpaired) electrons. The summed E-state index contributed by atoms with van der Waals surface area (Å²) in [4.78, 5) is 24.2. The molecule has 0 heterocycles. The van der Waals surface area contributed by atoms with Gasteiger partial charge in [-0.2, -0.15) is 4.72 Å². The molecule has 1 unspecified atom stereocenters. The fraction of sp³-hybridized carbons (Fsp3) is 0.286. The van der Waals surface area contributed by atoms with E-state index in [-0.39, 0.29) is 23.4 Å². The van der Waals surface area contributed by atoms with Gasteiger partial charge in [0.2, 0.25) is 10.0 Å². The topological polar surface area (TPSA) is 125 Å². The van der Waals surface area contributed by atoms with Crippen LogP contribution in [0.5, 0.6) is 0 Å². The van der Waals surface area contributed by atoms with Crippen LogP contribution in [0.4, 0.5) is 10.5 Å². The van der Waals surface area contributed by atoms with Gasteiger partial charge in [0.1, 0.15) is 6.04 Å². The third-order valence-electron chi connectivity index (χ3n) is 6.52. The molecule has 0 aliphatic heterocycles. The monoisotopic (exact) mass is 521 g/mol. The number of carboxylic acids is 1. The van der Waals surface area contributed by atoms with Crippen molar-refractivity contribution in [1.29, 1.82) is 0 Å². The third kappa shape index (κ3) is 6.96. The maximum atomic E-state index is 12.8. The summed E-state index contributed by atoms with van der Waals surface area (Å²) in [5.41, 5.74) is 3.66. The highest BCUT2D eigenvalue weighted by molar-refractivity contribution is 7.89. The average Bonchev–Trinajstić information content (AvgIpc) is 3.37. The molecule has 4 rings (SSSR count). The van der Waals surface area contributed by atoms with Crippen molar-refractivity contribution in [2.75, 3.05) is 5.32 Å². The van der Waals surface area contributed by atoms with Gasteiger partial charge in [0, 0.05) is 11.7 Å². The Kier molecular flexibility index (Phi) is 8.25. The van der Waals surface area contributed by atoms with E-state index in [4.69, 9.17) is 0 Å². The molecule has 194 valence electrons. The van der Waals surface area contributed by atoms with E-state index in [0.717, 1.165) is 36.8 Å². The van der Waals surface area contributed by atoms with Gasteiger partial charge in [-0.15, -0.1) is 0 Å². The highest BCUT2D eigenvalue weighted by Gasteiger charge is 2.26. The number of aryl methyl sites for hydroxylation is 1. The van der Waals surface area contributed by atoms with Gasteiger partial charge in [-0.05, 0) is 66.6 Å². The van der Waals surface area contributed by atoms with Crippen LogP contribution in [0.25, 0.3) is 11.1 Å². The smallest absolute Gasteiger partial charge is 0.322 e. The number of nitrogens with one attached hydrogen (secondary N) is 3. The number of benzene rings is 3. The summed E-state index contributed by atoms with van der Waals surface area (Å²) in [6.45, 7) is 1.66. The first-order chi connectivity index (χ1) is 17.7. The lowest BCUT2D eigenvalue weighted by molar-refractivity contribution is -0.138. The Balaban J connectivity index is 1.42. The number of urea groups is 1. The van der Waals surface area contributed by atoms with Crippen molar-refractivity contribution in [3.05, 3.63) is 83.9 Å². The van der Waals surface area contributed by atoms with Crippen LogP contribution < -0.4 is 15.4 Å². The minimum absolute atomic E-state index is 0.0103. The summed E-state index contributed by atoms with van der Waals surface area (Å²) in [7, 11) is -4.00. The molecule has 1 aliphatic rings. The van der Waals surface area contributed by atoms with E-state index in [2.05, 4.69) is 15.4 Å². The highest BCUT2D eigenvalue weighted by Crippen LogP contribution is 2.24. The highest BCUT2D eigenvalue weighted by atomic mass is 32.2. The van der Waals surface area contributed by atoms with Crippen LogP contribution in [0.1, 0.15) is 36.8 Å². The molecule has 1 fully saturated rings. The van der Waals surface area contributed by atoms with Gasteiger partial charge in [0.15, 0.2) is 0 Å². The molecular formula is C28H31N3O5S. The largest absolute Gasteiger partial charge is 0.480 e. The van der Waals surface area contributed by atoms with E-state index in [1.807, 2.05) is 36.4 Å². The second kappa shape index (κ2) is 11.6. The summed E-state index contributed by atoms with van der Waals surface area (Å²) in [6.07, 6.45) is 4.29. The summed E-state index contributed by atoms with van der Waals surface area (Å²) >= 11 is 0. The predicted molar refractivity (Wildman–Crippen MR) is 143 cm³/mol. The van der Waals surface area contributed by atoms with Crippen molar-refractivity contribution in [1.82, 2.24) is 10.0 Å². The molecule has 2 amide bonds. The predicted octanol–water partition coefficient (Wildman–Crippen LogP) is 4.70. The first-order valence-electron chi connectivity index (χ1n) is 12.3. The number of rotatable bonds is 9. The normalized spacial score (nSPS) is 14.7. The molecule has 0 aromatic heterocycles. The van der Waals surface area contributed by atoms with E-state index in [1.165, 1.54) is 6.07 Å². The fourth-order valence-electron chi connectivity index (χ4n) is 4.56. The SMILES string of the molecule is Cc1ccccc1S(=O)(=O)NC(Cc1ccc(-c2cccc(NC(=O)NC3CCCC3)c2)cc1)C(=O)O. The molecule has 1 aliphatic carbocycles. The lowest BCUT2D eigenvalue weighted by atomic mass is 10.0. The zero-order valence-electron chi connectivity index (χ0n) is 20.6. The van der Waals surface area contributed by atoms with Crippen molar-refractivity contribution in [2.24, 2.45) is 0 Å². The molecule has 4 N–H and O–H groups in total. The van der Waals surface area contributed by atoms with Crippen LogP contribution in [0, 0.1) is 6.92 Å². The maximum Gasteiger partial charge on any atom is 0.322 e. The van der Waals surface area contributed by atoms with Crippen molar-refractivity contribution in [3.8, 4) is 11.1 Å². The molecular weight excluding hydrogens is 490 g/mol. The number of carbonyl (C=O) groups excluding carboxylic acids is 1. The first kappa shape index (κ1) is 26.4.